The van der Waals surface area contributed by atoms with Gasteiger partial charge in [0, 0.05) is 42.5 Å². The van der Waals surface area contributed by atoms with Crippen molar-refractivity contribution in [1.82, 2.24) is 14.9 Å². The number of aromatic nitrogens is 2. The lowest BCUT2D eigenvalue weighted by molar-refractivity contribution is 0.400. The van der Waals surface area contributed by atoms with Crippen LogP contribution in [0.2, 0.25) is 0 Å². The first kappa shape index (κ1) is 27.9. The molecule has 0 amide bonds. The van der Waals surface area contributed by atoms with Crippen LogP contribution in [0.4, 0.5) is 14.5 Å². The highest BCUT2D eigenvalue weighted by molar-refractivity contribution is 7.92. The number of pyridine rings is 2. The van der Waals surface area contributed by atoms with Crippen LogP contribution in [0.25, 0.3) is 27.6 Å². The van der Waals surface area contributed by atoms with Crippen LogP contribution in [0.5, 0.6) is 5.88 Å². The van der Waals surface area contributed by atoms with Gasteiger partial charge in [0.25, 0.3) is 10.0 Å². The molecule has 2 aromatic carbocycles. The van der Waals surface area contributed by atoms with Crippen molar-refractivity contribution >= 4 is 38.1 Å². The van der Waals surface area contributed by atoms with E-state index in [1.54, 1.807) is 6.20 Å². The Morgan fingerprint density at radius 3 is 2.54 bits per heavy atom. The normalized spacial score (nSPS) is 13.8. The van der Waals surface area contributed by atoms with Crippen LogP contribution in [0.15, 0.2) is 77.6 Å². The molecule has 3 heterocycles. The quantitative estimate of drug-likeness (QED) is 0.215. The first-order valence-electron chi connectivity index (χ1n) is 12.8. The standard InChI is InChI=1S/C30H26F2N4O4S/c1-19(13-23(18-37)36-11-3-4-12-36)24-9-10-33-27-7-5-20(14-25(24)27)21-15-28(30(40-2)34-17-21)35-41(38,39)29-8-6-22(31)16-26(29)32/h5-10,13-17,35H,3-4,11-12H2,1-2H3/b19-13+. The number of rotatable bonds is 8. The largest absolute Gasteiger partial charge is 0.480 e. The number of carbonyl (C=O) groups excluding carboxylic acids is 1. The number of methoxy groups -OCH3 is 1. The van der Waals surface area contributed by atoms with E-state index in [1.807, 2.05) is 42.2 Å². The van der Waals surface area contributed by atoms with Crippen molar-refractivity contribution in [2.45, 2.75) is 24.7 Å². The number of ether oxygens (including phenoxy) is 1. The van der Waals surface area contributed by atoms with Crippen LogP contribution >= 0.6 is 0 Å². The average molecular weight is 577 g/mol. The van der Waals surface area contributed by atoms with E-state index in [4.69, 9.17) is 4.74 Å². The van der Waals surface area contributed by atoms with Gasteiger partial charge in [-0.2, -0.15) is 0 Å². The summed E-state index contributed by atoms with van der Waals surface area (Å²) in [5, 5.41) is 0.816. The van der Waals surface area contributed by atoms with Crippen LogP contribution in [-0.4, -0.2) is 49.4 Å². The van der Waals surface area contributed by atoms with Gasteiger partial charge in [0.05, 0.1) is 12.6 Å². The summed E-state index contributed by atoms with van der Waals surface area (Å²) in [6.07, 6.45) is 7.12. The Morgan fingerprint density at radius 2 is 1.83 bits per heavy atom. The van der Waals surface area contributed by atoms with E-state index >= 15 is 0 Å². The minimum Gasteiger partial charge on any atom is -0.480 e. The van der Waals surface area contributed by atoms with E-state index in [0.29, 0.717) is 22.9 Å². The van der Waals surface area contributed by atoms with Gasteiger partial charge in [0.2, 0.25) is 5.88 Å². The van der Waals surface area contributed by atoms with Gasteiger partial charge < -0.3 is 9.64 Å². The molecule has 1 aliphatic rings. The average Bonchev–Trinajstić information content (AvgIpc) is 3.49. The minimum absolute atomic E-state index is 0.0253. The lowest BCUT2D eigenvalue weighted by Crippen LogP contribution is -2.17. The van der Waals surface area contributed by atoms with Crippen molar-refractivity contribution < 1.29 is 26.7 Å². The van der Waals surface area contributed by atoms with Crippen molar-refractivity contribution in [2.24, 2.45) is 0 Å². The third-order valence-corrected chi connectivity index (χ3v) is 8.28. The fourth-order valence-corrected chi connectivity index (χ4v) is 5.94. The molecule has 0 spiro atoms. The van der Waals surface area contributed by atoms with Gasteiger partial charge in [-0.05, 0) is 78.9 Å². The summed E-state index contributed by atoms with van der Waals surface area (Å²) in [5.41, 5.74) is 4.20. The molecule has 1 aliphatic heterocycles. The molecule has 0 saturated carbocycles. The third kappa shape index (κ3) is 5.82. The van der Waals surface area contributed by atoms with Crippen LogP contribution in [-0.2, 0) is 14.8 Å². The van der Waals surface area contributed by atoms with Crippen LogP contribution in [0.1, 0.15) is 25.3 Å². The number of nitrogens with one attached hydrogen (secondary N) is 1. The van der Waals surface area contributed by atoms with E-state index in [9.17, 15) is 22.0 Å². The van der Waals surface area contributed by atoms with E-state index in [-0.39, 0.29) is 11.6 Å². The molecule has 0 bridgehead atoms. The summed E-state index contributed by atoms with van der Waals surface area (Å²) in [7, 11) is -3.11. The fourth-order valence-electron chi connectivity index (χ4n) is 4.83. The molecule has 2 aromatic heterocycles. The topological polar surface area (TPSA) is 101 Å². The summed E-state index contributed by atoms with van der Waals surface area (Å²) in [4.78, 5) is 21.7. The Balaban J connectivity index is 1.54. The lowest BCUT2D eigenvalue weighted by atomic mass is 9.98. The molecule has 0 atom stereocenters. The number of fused-ring (bicyclic) bond motifs is 1. The second-order valence-electron chi connectivity index (χ2n) is 9.56. The lowest BCUT2D eigenvalue weighted by Gasteiger charge is -2.16. The SMILES string of the molecule is COc1ncc(-c2ccc3nccc(/C(C)=C/C(=C=O)N4CCCC4)c3c2)cc1NS(=O)(=O)c1ccc(F)cc1F. The van der Waals surface area contributed by atoms with E-state index < -0.39 is 26.6 Å². The molecule has 5 rings (SSSR count). The summed E-state index contributed by atoms with van der Waals surface area (Å²) >= 11 is 0. The van der Waals surface area contributed by atoms with Gasteiger partial charge in [-0.25, -0.2) is 27.0 Å². The minimum atomic E-state index is -4.43. The highest BCUT2D eigenvalue weighted by Crippen LogP contribution is 2.33. The molecule has 41 heavy (non-hydrogen) atoms. The maximum Gasteiger partial charge on any atom is 0.264 e. The zero-order valence-corrected chi connectivity index (χ0v) is 23.1. The molecular formula is C30H26F2N4O4S. The summed E-state index contributed by atoms with van der Waals surface area (Å²) < 4.78 is 61.1. The van der Waals surface area contributed by atoms with Crippen molar-refractivity contribution in [3.05, 3.63) is 89.9 Å². The highest BCUT2D eigenvalue weighted by atomic mass is 32.2. The fraction of sp³-hybridized carbons (Fsp3) is 0.200. The molecule has 11 heteroatoms. The maximum absolute atomic E-state index is 14.3. The Morgan fingerprint density at radius 1 is 1.05 bits per heavy atom. The summed E-state index contributed by atoms with van der Waals surface area (Å²) in [6, 6.07) is 11.1. The van der Waals surface area contributed by atoms with E-state index in [0.717, 1.165) is 60.1 Å². The number of allylic oxidation sites excluding steroid dienone is 2. The van der Waals surface area contributed by atoms with Crippen molar-refractivity contribution in [3.63, 3.8) is 0 Å². The number of hydrogen-bond acceptors (Lipinski definition) is 7. The molecule has 1 fully saturated rings. The monoisotopic (exact) mass is 576 g/mol. The third-order valence-electron chi connectivity index (χ3n) is 6.88. The number of benzene rings is 2. The number of hydrogen-bond donors (Lipinski definition) is 1. The first-order valence-corrected chi connectivity index (χ1v) is 14.3. The van der Waals surface area contributed by atoms with Crippen LogP contribution in [0, 0.1) is 11.6 Å². The van der Waals surface area contributed by atoms with Gasteiger partial charge in [0.15, 0.2) is 0 Å². The van der Waals surface area contributed by atoms with Crippen LogP contribution < -0.4 is 9.46 Å². The molecule has 210 valence electrons. The predicted octanol–water partition coefficient (Wildman–Crippen LogP) is 5.60. The van der Waals surface area contributed by atoms with Crippen molar-refractivity contribution in [1.29, 1.82) is 0 Å². The Hall–Kier alpha value is -4.60. The number of anilines is 1. The Kier molecular flexibility index (Phi) is 7.83. The molecule has 1 saturated heterocycles. The Bertz CT molecular complexity index is 1830. The van der Waals surface area contributed by atoms with E-state index in [2.05, 4.69) is 20.6 Å². The highest BCUT2D eigenvalue weighted by Gasteiger charge is 2.22. The van der Waals surface area contributed by atoms with Crippen LogP contribution in [0.3, 0.4) is 0 Å². The maximum atomic E-state index is 14.3. The molecule has 4 aromatic rings. The van der Waals surface area contributed by atoms with Crippen molar-refractivity contribution in [3.8, 4) is 17.0 Å². The molecule has 0 aliphatic carbocycles. The van der Waals surface area contributed by atoms with E-state index in [1.165, 1.54) is 19.4 Å². The molecular weight excluding hydrogens is 550 g/mol. The van der Waals surface area contributed by atoms with Gasteiger partial charge in [-0.1, -0.05) is 6.07 Å². The summed E-state index contributed by atoms with van der Waals surface area (Å²) in [6.45, 7) is 3.56. The summed E-state index contributed by atoms with van der Waals surface area (Å²) in [5.74, 6) is -0.0867. The van der Waals surface area contributed by atoms with Crippen molar-refractivity contribution in [2.75, 3.05) is 24.9 Å². The zero-order chi connectivity index (χ0) is 29.1. The van der Waals surface area contributed by atoms with Gasteiger partial charge >= 0.3 is 0 Å². The number of nitrogens with zero attached hydrogens (tertiary/aromatic N) is 3. The molecule has 8 nitrogen and oxygen atoms in total. The Labute approximate surface area is 236 Å². The second-order valence-corrected chi connectivity index (χ2v) is 11.2. The predicted molar refractivity (Wildman–Crippen MR) is 152 cm³/mol. The van der Waals surface area contributed by atoms with Gasteiger partial charge in [-0.15, -0.1) is 0 Å². The number of likely N-dealkylation sites (tertiary alicyclic amines) is 1. The number of sulfonamides is 1. The molecule has 0 radical (unpaired) electrons. The zero-order valence-electron chi connectivity index (χ0n) is 22.3. The number of halogens is 2. The molecule has 1 N–H and O–H groups in total. The second kappa shape index (κ2) is 11.5. The molecule has 0 unspecified atom stereocenters. The van der Waals surface area contributed by atoms with Gasteiger partial charge in [-0.3, -0.25) is 9.71 Å². The first-order chi connectivity index (χ1) is 19.7. The van der Waals surface area contributed by atoms with Gasteiger partial charge in [0.1, 0.15) is 33.9 Å². The smallest absolute Gasteiger partial charge is 0.264 e.